The van der Waals surface area contributed by atoms with E-state index in [1.54, 1.807) is 19.2 Å². The Morgan fingerprint density at radius 3 is 2.67 bits per heavy atom. The summed E-state index contributed by atoms with van der Waals surface area (Å²) in [6, 6.07) is 4.71. The van der Waals surface area contributed by atoms with Gasteiger partial charge >= 0.3 is 0 Å². The zero-order valence-corrected chi connectivity index (χ0v) is 7.00. The van der Waals surface area contributed by atoms with Crippen molar-refractivity contribution in [1.82, 2.24) is 0 Å². The van der Waals surface area contributed by atoms with Gasteiger partial charge in [-0.15, -0.1) is 0 Å². The summed E-state index contributed by atoms with van der Waals surface area (Å²) in [5.74, 6) is 0.782. The van der Waals surface area contributed by atoms with E-state index in [9.17, 15) is 0 Å². The number of methoxy groups -OCH3 is 1. The highest BCUT2D eigenvalue weighted by Crippen LogP contribution is 2.27. The second kappa shape index (κ2) is 3.82. The number of hydrogen-bond donors (Lipinski definition) is 2. The molecule has 0 amide bonds. The molecule has 0 radical (unpaired) electrons. The molecule has 0 saturated heterocycles. The Morgan fingerprint density at radius 1 is 1.33 bits per heavy atom. The van der Waals surface area contributed by atoms with Gasteiger partial charge in [0.2, 0.25) is 0 Å². The maximum Gasteiger partial charge on any atom is 0.144 e. The van der Waals surface area contributed by atoms with Gasteiger partial charge in [0.25, 0.3) is 0 Å². The third-order valence-electron chi connectivity index (χ3n) is 1.40. The highest BCUT2D eigenvalue weighted by molar-refractivity contribution is 5.58. The van der Waals surface area contributed by atoms with Crippen molar-refractivity contribution in [1.29, 1.82) is 0 Å². The number of rotatable bonds is 3. The van der Waals surface area contributed by atoms with E-state index in [0.717, 1.165) is 0 Å². The van der Waals surface area contributed by atoms with Crippen LogP contribution < -0.4 is 10.2 Å². The summed E-state index contributed by atoms with van der Waals surface area (Å²) in [5, 5.41) is 9.11. The van der Waals surface area contributed by atoms with Gasteiger partial charge in [-0.05, 0) is 12.1 Å². The van der Waals surface area contributed by atoms with Crippen LogP contribution in [0.25, 0.3) is 0 Å². The van der Waals surface area contributed by atoms with E-state index in [1.165, 1.54) is 13.2 Å². The summed E-state index contributed by atoms with van der Waals surface area (Å²) < 4.78 is 5.00. The van der Waals surface area contributed by atoms with Crippen LogP contribution in [-0.4, -0.2) is 19.3 Å². The van der Waals surface area contributed by atoms with Crippen LogP contribution in [0.15, 0.2) is 18.2 Å². The summed E-state index contributed by atoms with van der Waals surface area (Å²) in [6.45, 7) is 0. The third kappa shape index (κ3) is 1.79. The Labute approximate surface area is 70.7 Å². The molecule has 0 atom stereocenters. The zero-order chi connectivity index (χ0) is 8.97. The largest absolute Gasteiger partial charge is 0.508 e. The second-order valence-electron chi connectivity index (χ2n) is 2.19. The Kier molecular flexibility index (Phi) is 2.76. The molecule has 1 aromatic rings. The van der Waals surface area contributed by atoms with Gasteiger partial charge in [-0.1, -0.05) is 0 Å². The lowest BCUT2D eigenvalue weighted by Gasteiger charge is -2.08. The van der Waals surface area contributed by atoms with Crippen LogP contribution in [0, 0.1) is 0 Å². The maximum absolute atomic E-state index is 9.11. The van der Waals surface area contributed by atoms with Crippen molar-refractivity contribution in [3.63, 3.8) is 0 Å². The molecule has 0 unspecified atom stereocenters. The minimum absolute atomic E-state index is 0.162. The molecule has 4 heteroatoms. The van der Waals surface area contributed by atoms with Gasteiger partial charge < -0.3 is 9.84 Å². The van der Waals surface area contributed by atoms with Gasteiger partial charge in [-0.25, -0.2) is 0 Å². The number of hydrogen-bond acceptors (Lipinski definition) is 4. The van der Waals surface area contributed by atoms with Crippen molar-refractivity contribution in [3.8, 4) is 11.5 Å². The van der Waals surface area contributed by atoms with Crippen molar-refractivity contribution in [2.75, 3.05) is 19.7 Å². The molecule has 0 heterocycles. The number of aromatic hydroxyl groups is 1. The average Bonchev–Trinajstić information content (AvgIpc) is 2.05. The molecule has 1 rings (SSSR count). The topological polar surface area (TPSA) is 50.7 Å². The fourth-order valence-corrected chi connectivity index (χ4v) is 0.886. The highest BCUT2D eigenvalue weighted by atomic mass is 16.6. The third-order valence-corrected chi connectivity index (χ3v) is 1.40. The van der Waals surface area contributed by atoms with E-state index >= 15 is 0 Å². The molecule has 1 aromatic carbocycles. The lowest BCUT2D eigenvalue weighted by molar-refractivity contribution is 0.268. The van der Waals surface area contributed by atoms with Gasteiger partial charge in [0.1, 0.15) is 17.2 Å². The Hall–Kier alpha value is -1.42. The first-order valence-electron chi connectivity index (χ1n) is 3.44. The first-order chi connectivity index (χ1) is 5.77. The molecule has 12 heavy (non-hydrogen) atoms. The van der Waals surface area contributed by atoms with Crippen LogP contribution in [0.3, 0.4) is 0 Å². The summed E-state index contributed by atoms with van der Waals surface area (Å²) >= 11 is 0. The van der Waals surface area contributed by atoms with Crippen LogP contribution in [0.4, 0.5) is 5.69 Å². The number of ether oxygens (including phenoxy) is 1. The van der Waals surface area contributed by atoms with Gasteiger partial charge in [0.15, 0.2) is 0 Å². The van der Waals surface area contributed by atoms with Crippen molar-refractivity contribution in [3.05, 3.63) is 18.2 Å². The minimum atomic E-state index is 0.162. The van der Waals surface area contributed by atoms with Crippen LogP contribution in [0.2, 0.25) is 0 Å². The molecule has 0 aliphatic carbocycles. The fourth-order valence-electron chi connectivity index (χ4n) is 0.886. The lowest BCUT2D eigenvalue weighted by Crippen LogP contribution is -1.97. The van der Waals surface area contributed by atoms with Crippen LogP contribution >= 0.6 is 0 Å². The smallest absolute Gasteiger partial charge is 0.144 e. The Bertz CT molecular complexity index is 262. The Balaban J connectivity index is 2.95. The van der Waals surface area contributed by atoms with Gasteiger partial charge in [0.05, 0.1) is 14.2 Å². The van der Waals surface area contributed by atoms with E-state index in [4.69, 9.17) is 9.84 Å². The SMILES string of the molecule is CONc1cc(O)ccc1OC. The normalized spacial score (nSPS) is 9.50. The van der Waals surface area contributed by atoms with Crippen molar-refractivity contribution >= 4 is 5.69 Å². The van der Waals surface area contributed by atoms with E-state index in [2.05, 4.69) is 10.3 Å². The number of phenols is 1. The van der Waals surface area contributed by atoms with Gasteiger partial charge in [-0.3, -0.25) is 10.3 Å². The summed E-state index contributed by atoms with van der Waals surface area (Å²) in [4.78, 5) is 4.68. The first-order valence-corrected chi connectivity index (χ1v) is 3.44. The number of benzene rings is 1. The molecule has 0 saturated carbocycles. The van der Waals surface area contributed by atoms with Crippen LogP contribution in [-0.2, 0) is 4.84 Å². The standard InChI is InChI=1S/C8H11NO3/c1-11-8-4-3-6(10)5-7(8)9-12-2/h3-5,9-10H,1-2H3. The molecular formula is C8H11NO3. The summed E-state index contributed by atoms with van der Waals surface area (Å²) in [5.41, 5.74) is 3.18. The molecule has 0 aliphatic heterocycles. The van der Waals surface area contributed by atoms with E-state index in [-0.39, 0.29) is 5.75 Å². The summed E-state index contributed by atoms with van der Waals surface area (Å²) in [7, 11) is 3.04. The molecule has 0 bridgehead atoms. The van der Waals surface area contributed by atoms with Gasteiger partial charge in [0, 0.05) is 6.07 Å². The average molecular weight is 169 g/mol. The molecule has 0 aromatic heterocycles. The molecule has 66 valence electrons. The first kappa shape index (κ1) is 8.67. The predicted molar refractivity (Wildman–Crippen MR) is 45.3 cm³/mol. The number of anilines is 1. The highest BCUT2D eigenvalue weighted by Gasteiger charge is 2.02. The lowest BCUT2D eigenvalue weighted by atomic mass is 10.3. The monoisotopic (exact) mass is 169 g/mol. The predicted octanol–water partition coefficient (Wildman–Crippen LogP) is 1.37. The van der Waals surface area contributed by atoms with E-state index in [0.29, 0.717) is 11.4 Å². The maximum atomic E-state index is 9.11. The quantitative estimate of drug-likeness (QED) is 0.671. The van der Waals surface area contributed by atoms with Crippen molar-refractivity contribution < 1.29 is 14.7 Å². The molecule has 0 fully saturated rings. The molecule has 0 spiro atoms. The molecule has 4 nitrogen and oxygen atoms in total. The second-order valence-corrected chi connectivity index (χ2v) is 2.19. The number of phenolic OH excluding ortho intramolecular Hbond substituents is 1. The summed E-state index contributed by atoms with van der Waals surface area (Å²) in [6.07, 6.45) is 0. The van der Waals surface area contributed by atoms with Crippen LogP contribution in [0.5, 0.6) is 11.5 Å². The van der Waals surface area contributed by atoms with E-state index in [1.807, 2.05) is 0 Å². The van der Waals surface area contributed by atoms with Crippen LogP contribution in [0.1, 0.15) is 0 Å². The molecular weight excluding hydrogens is 158 g/mol. The Morgan fingerprint density at radius 2 is 2.08 bits per heavy atom. The molecule has 2 N–H and O–H groups in total. The minimum Gasteiger partial charge on any atom is -0.508 e. The zero-order valence-electron chi connectivity index (χ0n) is 7.00. The molecule has 0 aliphatic rings. The van der Waals surface area contributed by atoms with Crippen molar-refractivity contribution in [2.45, 2.75) is 0 Å². The number of nitrogens with one attached hydrogen (secondary N) is 1. The fraction of sp³-hybridized carbons (Fsp3) is 0.250. The van der Waals surface area contributed by atoms with Gasteiger partial charge in [-0.2, -0.15) is 0 Å². The van der Waals surface area contributed by atoms with Crippen molar-refractivity contribution in [2.24, 2.45) is 0 Å². The van der Waals surface area contributed by atoms with E-state index < -0.39 is 0 Å².